The van der Waals surface area contributed by atoms with E-state index in [9.17, 15) is 0 Å². The molecule has 0 saturated heterocycles. The summed E-state index contributed by atoms with van der Waals surface area (Å²) in [6, 6.07) is 22.2. The first-order valence-corrected chi connectivity index (χ1v) is 10.9. The number of benzene rings is 2. The normalized spacial score (nSPS) is 11.1. The summed E-state index contributed by atoms with van der Waals surface area (Å²) in [6.45, 7) is 2.60. The van der Waals surface area contributed by atoms with Crippen molar-refractivity contribution in [2.75, 3.05) is 0 Å². The first-order valence-electron chi connectivity index (χ1n) is 9.92. The number of oxazole rings is 1. The summed E-state index contributed by atoms with van der Waals surface area (Å²) >= 11 is 1.55. The van der Waals surface area contributed by atoms with Crippen LogP contribution in [-0.4, -0.2) is 19.7 Å². The highest BCUT2D eigenvalue weighted by Gasteiger charge is 2.18. The molecule has 3 aromatic heterocycles. The number of hydrogen-bond donors (Lipinski definition) is 0. The molecule has 0 amide bonds. The molecule has 0 radical (unpaired) electrons. The molecule has 7 heteroatoms. The highest BCUT2D eigenvalue weighted by atomic mass is 32.2. The van der Waals surface area contributed by atoms with Crippen molar-refractivity contribution in [3.05, 3.63) is 96.4 Å². The van der Waals surface area contributed by atoms with Crippen LogP contribution in [0.25, 0.3) is 22.7 Å². The Labute approximate surface area is 184 Å². The van der Waals surface area contributed by atoms with E-state index in [0.29, 0.717) is 18.2 Å². The molecule has 0 atom stereocenters. The fraction of sp³-hybridized carbons (Fsp3) is 0.125. The number of aromatic nitrogens is 4. The number of thioether (sulfide) groups is 1. The molecule has 0 spiro atoms. The first kappa shape index (κ1) is 19.4. The van der Waals surface area contributed by atoms with Crippen LogP contribution in [-0.2, 0) is 12.3 Å². The van der Waals surface area contributed by atoms with Gasteiger partial charge in [0.1, 0.15) is 5.76 Å². The zero-order chi connectivity index (χ0) is 21.0. The molecule has 31 heavy (non-hydrogen) atoms. The zero-order valence-electron chi connectivity index (χ0n) is 16.9. The van der Waals surface area contributed by atoms with Crippen molar-refractivity contribution < 1.29 is 8.83 Å². The lowest BCUT2D eigenvalue weighted by Crippen LogP contribution is -2.04. The van der Waals surface area contributed by atoms with E-state index < -0.39 is 0 Å². The molecule has 0 N–H and O–H groups in total. The van der Waals surface area contributed by atoms with Crippen molar-refractivity contribution in [3.8, 4) is 22.7 Å². The minimum absolute atomic E-state index is 0.560. The van der Waals surface area contributed by atoms with Crippen molar-refractivity contribution in [1.82, 2.24) is 19.7 Å². The molecule has 0 aliphatic carbocycles. The Balaban J connectivity index is 1.41. The van der Waals surface area contributed by atoms with Crippen LogP contribution >= 0.6 is 11.8 Å². The summed E-state index contributed by atoms with van der Waals surface area (Å²) in [6.07, 6.45) is 3.44. The van der Waals surface area contributed by atoms with Crippen LogP contribution in [0.3, 0.4) is 0 Å². The second kappa shape index (κ2) is 8.65. The predicted molar refractivity (Wildman–Crippen MR) is 120 cm³/mol. The lowest BCUT2D eigenvalue weighted by Gasteiger charge is -2.09. The third-order valence-corrected chi connectivity index (χ3v) is 5.89. The smallest absolute Gasteiger partial charge is 0.205 e. The molecule has 6 nitrogen and oxygen atoms in total. The highest BCUT2D eigenvalue weighted by molar-refractivity contribution is 7.98. The van der Waals surface area contributed by atoms with E-state index in [1.54, 1.807) is 24.2 Å². The Morgan fingerprint density at radius 1 is 0.935 bits per heavy atom. The minimum Gasteiger partial charge on any atom is -0.469 e. The molecule has 3 heterocycles. The topological polar surface area (TPSA) is 69.9 Å². The average molecular weight is 429 g/mol. The first-order chi connectivity index (χ1) is 15.3. The van der Waals surface area contributed by atoms with E-state index >= 15 is 0 Å². The molecule has 0 bridgehead atoms. The number of hydrogen-bond acceptors (Lipinski definition) is 6. The van der Waals surface area contributed by atoms with Gasteiger partial charge in [-0.3, -0.25) is 4.57 Å². The molecule has 2 aromatic carbocycles. The Morgan fingerprint density at radius 3 is 2.45 bits per heavy atom. The molecule has 154 valence electrons. The lowest BCUT2D eigenvalue weighted by molar-refractivity contribution is 0.529. The standard InChI is InChI=1S/C24H20N4O2S/c1-17-20(12-13-29-17)23-26-27-24(28(23)15-18-8-4-2-5-9-18)31-16-22-25-14-21(30-22)19-10-6-3-7-11-19/h2-14H,15-16H2,1H3. The molecular formula is C24H20N4O2S. The maximum atomic E-state index is 5.94. The minimum atomic E-state index is 0.560. The quantitative estimate of drug-likeness (QED) is 0.303. The van der Waals surface area contributed by atoms with Crippen LogP contribution in [0, 0.1) is 6.92 Å². The van der Waals surface area contributed by atoms with E-state index in [1.165, 1.54) is 5.56 Å². The highest BCUT2D eigenvalue weighted by Crippen LogP contribution is 2.30. The van der Waals surface area contributed by atoms with Crippen LogP contribution in [0.1, 0.15) is 17.2 Å². The van der Waals surface area contributed by atoms with Crippen molar-refractivity contribution in [3.63, 3.8) is 0 Å². The van der Waals surface area contributed by atoms with Gasteiger partial charge in [-0.05, 0) is 18.6 Å². The largest absolute Gasteiger partial charge is 0.469 e. The van der Waals surface area contributed by atoms with Crippen molar-refractivity contribution >= 4 is 11.8 Å². The maximum absolute atomic E-state index is 5.94. The van der Waals surface area contributed by atoms with Gasteiger partial charge in [0, 0.05) is 5.56 Å². The van der Waals surface area contributed by atoms with Crippen molar-refractivity contribution in [2.24, 2.45) is 0 Å². The third-order valence-electron chi connectivity index (χ3n) is 4.94. The number of aryl methyl sites for hydroxylation is 1. The SMILES string of the molecule is Cc1occc1-c1nnc(SCc2ncc(-c3ccccc3)o2)n1Cc1ccccc1. The van der Waals surface area contributed by atoms with Gasteiger partial charge >= 0.3 is 0 Å². The van der Waals surface area contributed by atoms with Gasteiger partial charge in [0.25, 0.3) is 0 Å². The molecule has 0 fully saturated rings. The van der Waals surface area contributed by atoms with Crippen molar-refractivity contribution in [2.45, 2.75) is 24.4 Å². The summed E-state index contributed by atoms with van der Waals surface area (Å²) in [5.41, 5.74) is 3.13. The Morgan fingerprint density at radius 2 is 1.71 bits per heavy atom. The van der Waals surface area contributed by atoms with Gasteiger partial charge in [-0.1, -0.05) is 72.4 Å². The lowest BCUT2D eigenvalue weighted by atomic mass is 10.2. The van der Waals surface area contributed by atoms with Gasteiger partial charge in [0.05, 0.1) is 30.3 Å². The Kier molecular flexibility index (Phi) is 5.41. The van der Waals surface area contributed by atoms with Gasteiger partial charge in [-0.15, -0.1) is 10.2 Å². The predicted octanol–water partition coefficient (Wildman–Crippen LogP) is 5.84. The van der Waals surface area contributed by atoms with Gasteiger partial charge in [-0.2, -0.15) is 0 Å². The van der Waals surface area contributed by atoms with Crippen LogP contribution in [0.15, 0.2) is 93.2 Å². The summed E-state index contributed by atoms with van der Waals surface area (Å²) < 4.78 is 13.5. The second-order valence-electron chi connectivity index (χ2n) is 7.04. The van der Waals surface area contributed by atoms with E-state index in [-0.39, 0.29) is 0 Å². The molecule has 0 aliphatic heterocycles. The molecule has 5 rings (SSSR count). The molecule has 0 aliphatic rings. The average Bonchev–Trinajstić information content (AvgIpc) is 3.54. The van der Waals surface area contributed by atoms with E-state index in [4.69, 9.17) is 8.83 Å². The summed E-state index contributed by atoms with van der Waals surface area (Å²) in [7, 11) is 0. The summed E-state index contributed by atoms with van der Waals surface area (Å²) in [5, 5.41) is 9.72. The summed E-state index contributed by atoms with van der Waals surface area (Å²) in [5.74, 6) is 3.58. The van der Waals surface area contributed by atoms with Gasteiger partial charge < -0.3 is 8.83 Å². The number of rotatable bonds is 7. The summed E-state index contributed by atoms with van der Waals surface area (Å²) in [4.78, 5) is 4.43. The van der Waals surface area contributed by atoms with E-state index in [2.05, 4.69) is 31.9 Å². The fourth-order valence-electron chi connectivity index (χ4n) is 3.36. The van der Waals surface area contributed by atoms with Crippen LogP contribution in [0.5, 0.6) is 0 Å². The van der Waals surface area contributed by atoms with Gasteiger partial charge in [0.2, 0.25) is 5.89 Å². The van der Waals surface area contributed by atoms with Crippen molar-refractivity contribution in [1.29, 1.82) is 0 Å². The van der Waals surface area contributed by atoms with Crippen LogP contribution in [0.4, 0.5) is 0 Å². The van der Waals surface area contributed by atoms with Gasteiger partial charge in [0.15, 0.2) is 16.7 Å². The van der Waals surface area contributed by atoms with Crippen LogP contribution < -0.4 is 0 Å². The maximum Gasteiger partial charge on any atom is 0.205 e. The van der Waals surface area contributed by atoms with E-state index in [0.717, 1.165) is 33.6 Å². The van der Waals surface area contributed by atoms with E-state index in [1.807, 2.05) is 61.5 Å². The molecular weight excluding hydrogens is 408 g/mol. The molecule has 5 aromatic rings. The Hall–Kier alpha value is -3.58. The second-order valence-corrected chi connectivity index (χ2v) is 7.98. The molecule has 0 unspecified atom stereocenters. The Bertz CT molecular complexity index is 1280. The zero-order valence-corrected chi connectivity index (χ0v) is 17.7. The number of nitrogens with zero attached hydrogens (tertiary/aromatic N) is 4. The number of furan rings is 1. The molecule has 0 saturated carbocycles. The third kappa shape index (κ3) is 4.18. The monoisotopic (exact) mass is 428 g/mol. The van der Waals surface area contributed by atoms with Gasteiger partial charge in [-0.25, -0.2) is 4.98 Å². The van der Waals surface area contributed by atoms with Crippen LogP contribution in [0.2, 0.25) is 0 Å². The fourth-order valence-corrected chi connectivity index (χ4v) is 4.15.